The molecule has 1 aliphatic heterocycles. The van der Waals surface area contributed by atoms with E-state index in [1.165, 1.54) is 18.2 Å². The van der Waals surface area contributed by atoms with Crippen molar-refractivity contribution >= 4 is 81.0 Å². The first kappa shape index (κ1) is 36.5. The monoisotopic (exact) mass is 627 g/mol. The van der Waals surface area contributed by atoms with E-state index in [1.54, 1.807) is 0 Å². The fourth-order valence-corrected chi connectivity index (χ4v) is 3.98. The summed E-state index contributed by atoms with van der Waals surface area (Å²) in [7, 11) is -4.88. The van der Waals surface area contributed by atoms with Crippen molar-refractivity contribution in [2.24, 2.45) is 0 Å². The molecule has 0 aromatic heterocycles. The van der Waals surface area contributed by atoms with Gasteiger partial charge in [-0.15, -0.1) is 5.06 Å². The molecule has 42 heavy (non-hydrogen) atoms. The van der Waals surface area contributed by atoms with Crippen LogP contribution in [0.4, 0.5) is 5.69 Å². The van der Waals surface area contributed by atoms with Crippen molar-refractivity contribution in [1.82, 2.24) is 10.4 Å². The molecule has 1 heterocycles. The van der Waals surface area contributed by atoms with Crippen molar-refractivity contribution < 1.29 is 66.1 Å². The number of benzene rings is 1. The van der Waals surface area contributed by atoms with Crippen molar-refractivity contribution in [2.75, 3.05) is 13.2 Å². The van der Waals surface area contributed by atoms with E-state index >= 15 is 0 Å². The van der Waals surface area contributed by atoms with Gasteiger partial charge < -0.3 is 24.7 Å². The van der Waals surface area contributed by atoms with Gasteiger partial charge in [0.15, 0.2) is 5.25 Å². The van der Waals surface area contributed by atoms with Gasteiger partial charge in [0, 0.05) is 19.0 Å². The minimum atomic E-state index is -4.88. The number of nitro benzene ring substituents is 1. The van der Waals surface area contributed by atoms with Crippen LogP contribution in [0.1, 0.15) is 43.2 Å². The second kappa shape index (κ2) is 16.8. The first-order valence-corrected chi connectivity index (χ1v) is 13.2. The Hall–Kier alpha value is -3.49. The van der Waals surface area contributed by atoms with Crippen molar-refractivity contribution in [3.8, 4) is 0 Å². The first-order valence-electron chi connectivity index (χ1n) is 11.7. The van der Waals surface area contributed by atoms with Crippen molar-refractivity contribution in [3.05, 3.63) is 39.4 Å². The summed E-state index contributed by atoms with van der Waals surface area (Å²) in [6.07, 6.45) is -2.67. The zero-order valence-corrected chi connectivity index (χ0v) is 22.0. The van der Waals surface area contributed by atoms with Gasteiger partial charge in [-0.25, -0.2) is 4.79 Å². The molecule has 0 bridgehead atoms. The van der Waals surface area contributed by atoms with Gasteiger partial charge in [0.05, 0.1) is 42.8 Å². The average Bonchev–Trinajstić information content (AvgIpc) is 3.20. The van der Waals surface area contributed by atoms with Crippen LogP contribution in [0.5, 0.6) is 0 Å². The number of carbonyl (C=O) groups is 6. The molecule has 1 aromatic rings. The number of nitrogens with one attached hydrogen (secondary N) is 1. The van der Waals surface area contributed by atoms with Gasteiger partial charge >= 0.3 is 47.5 Å². The van der Waals surface area contributed by atoms with Crippen LogP contribution in [0.15, 0.2) is 18.2 Å². The molecule has 1 aromatic carbocycles. The zero-order chi connectivity index (χ0) is 30.7. The third-order valence-electron chi connectivity index (χ3n) is 5.31. The summed E-state index contributed by atoms with van der Waals surface area (Å²) in [5, 5.41) is 20.5. The molecule has 3 N–H and O–H groups in total. The number of imide groups is 1. The molecular formula is C22H26N3NaO15S. The summed E-state index contributed by atoms with van der Waals surface area (Å²) in [6, 6.07) is 3.98. The Morgan fingerprint density at radius 2 is 1.60 bits per heavy atom. The van der Waals surface area contributed by atoms with Gasteiger partial charge in [0.25, 0.3) is 27.6 Å². The quantitative estimate of drug-likeness (QED) is 0.0367. The molecular weight excluding hydrogens is 601 g/mol. The van der Waals surface area contributed by atoms with Crippen LogP contribution in [0.25, 0.3) is 0 Å². The molecule has 1 aliphatic rings. The normalized spacial score (nSPS) is 14.5. The molecule has 1 unspecified atom stereocenters. The van der Waals surface area contributed by atoms with Gasteiger partial charge in [-0.1, -0.05) is 6.07 Å². The maximum atomic E-state index is 11.9. The van der Waals surface area contributed by atoms with E-state index in [0.29, 0.717) is 5.56 Å². The molecule has 3 amide bonds. The van der Waals surface area contributed by atoms with Crippen LogP contribution in [0, 0.1) is 10.1 Å². The standard InChI is InChI=1S/C22H25N3O15S.Na.H/c26-12-14-9-13(1-2-15(14)25(33)34)11-23-17(27)3-4-19(29)38-7-8-39-20(30)5-6-21(31)40-24-18(28)10-16(22(24)32)41(35,36)37;;/h1-2,9,16,26H,3-8,10-12H2,(H,23,27)(H,35,36,37);;. The molecule has 1 atom stereocenters. The summed E-state index contributed by atoms with van der Waals surface area (Å²) in [4.78, 5) is 85.3. The van der Waals surface area contributed by atoms with E-state index in [-0.39, 0.29) is 71.9 Å². The van der Waals surface area contributed by atoms with Gasteiger partial charge in [-0.3, -0.25) is 38.6 Å². The fourth-order valence-electron chi connectivity index (χ4n) is 3.28. The van der Waals surface area contributed by atoms with Crippen molar-refractivity contribution in [1.29, 1.82) is 0 Å². The average molecular weight is 628 g/mol. The molecule has 0 radical (unpaired) electrons. The van der Waals surface area contributed by atoms with Crippen molar-refractivity contribution in [3.63, 3.8) is 0 Å². The number of aliphatic hydroxyl groups is 1. The zero-order valence-electron chi connectivity index (χ0n) is 21.2. The Balaban J connectivity index is 0.00000882. The number of carbonyl (C=O) groups excluding carboxylic acids is 6. The van der Waals surface area contributed by atoms with Crippen LogP contribution >= 0.6 is 0 Å². The number of hydrogen-bond donors (Lipinski definition) is 3. The van der Waals surface area contributed by atoms with Crippen LogP contribution in [0.3, 0.4) is 0 Å². The molecule has 2 rings (SSSR count). The number of esters is 2. The van der Waals surface area contributed by atoms with Crippen LogP contribution in [0.2, 0.25) is 0 Å². The Kier molecular flexibility index (Phi) is 14.6. The van der Waals surface area contributed by atoms with Crippen molar-refractivity contribution in [2.45, 2.75) is 50.5 Å². The first-order chi connectivity index (χ1) is 19.2. The van der Waals surface area contributed by atoms with E-state index in [1.807, 2.05) is 0 Å². The second-order valence-corrected chi connectivity index (χ2v) is 9.89. The number of nitrogens with zero attached hydrogens (tertiary/aromatic N) is 2. The van der Waals surface area contributed by atoms with Gasteiger partial charge in [0.2, 0.25) is 5.91 Å². The molecule has 1 fully saturated rings. The Labute approximate surface area is 259 Å². The van der Waals surface area contributed by atoms with Crippen LogP contribution in [-0.2, 0) is 66.3 Å². The summed E-state index contributed by atoms with van der Waals surface area (Å²) in [5.74, 6) is -6.08. The number of hydroxylamine groups is 2. The molecule has 18 nitrogen and oxygen atoms in total. The third kappa shape index (κ3) is 11.4. The number of amides is 3. The molecule has 0 aliphatic carbocycles. The topological polar surface area (TPSA) is 263 Å². The molecule has 226 valence electrons. The van der Waals surface area contributed by atoms with Crippen LogP contribution in [-0.4, -0.2) is 112 Å². The number of aliphatic hydroxyl groups excluding tert-OH is 1. The SMILES string of the molecule is O=C(CCC(=O)OCCOC(=O)CCC(=O)ON1C(=O)CC(S(=O)(=O)O)C1=O)NCc1ccc([N+](=O)[O-])c(CO)c1.[NaH]. The maximum absolute atomic E-state index is 11.9. The molecule has 1 saturated heterocycles. The Morgan fingerprint density at radius 1 is 1.02 bits per heavy atom. The number of ether oxygens (including phenoxy) is 2. The van der Waals surface area contributed by atoms with Gasteiger partial charge in [0.1, 0.15) is 13.2 Å². The molecule has 20 heteroatoms. The van der Waals surface area contributed by atoms with Crippen LogP contribution < -0.4 is 5.32 Å². The van der Waals surface area contributed by atoms with E-state index in [9.17, 15) is 52.4 Å². The Morgan fingerprint density at radius 3 is 2.12 bits per heavy atom. The van der Waals surface area contributed by atoms with E-state index in [0.717, 1.165) is 0 Å². The molecule has 0 spiro atoms. The van der Waals surface area contributed by atoms with Gasteiger partial charge in [-0.2, -0.15) is 8.42 Å². The summed E-state index contributed by atoms with van der Waals surface area (Å²) in [5.41, 5.74) is 0.317. The third-order valence-corrected chi connectivity index (χ3v) is 6.40. The minimum absolute atomic E-state index is 0. The summed E-state index contributed by atoms with van der Waals surface area (Å²) in [6.45, 7) is -1.31. The Bertz CT molecular complexity index is 1330. The van der Waals surface area contributed by atoms with E-state index < -0.39 is 88.4 Å². The fraction of sp³-hybridized carbons (Fsp3) is 0.455. The molecule has 0 saturated carbocycles. The number of nitro groups is 1. The predicted molar refractivity (Wildman–Crippen MR) is 136 cm³/mol. The number of hydrogen-bond acceptors (Lipinski definition) is 14. The summed E-state index contributed by atoms with van der Waals surface area (Å²) < 4.78 is 40.6. The van der Waals surface area contributed by atoms with Gasteiger partial charge in [-0.05, 0) is 11.6 Å². The summed E-state index contributed by atoms with van der Waals surface area (Å²) >= 11 is 0. The second-order valence-electron chi connectivity index (χ2n) is 8.29. The predicted octanol–water partition coefficient (Wildman–Crippen LogP) is -1.82. The van der Waals surface area contributed by atoms with E-state index in [2.05, 4.69) is 10.2 Å². The number of rotatable bonds is 15. The van der Waals surface area contributed by atoms with E-state index in [4.69, 9.17) is 14.0 Å².